The molecule has 106 valence electrons. The Labute approximate surface area is 124 Å². The summed E-state index contributed by atoms with van der Waals surface area (Å²) in [6.45, 7) is 6.33. The lowest BCUT2D eigenvalue weighted by Gasteiger charge is -2.07. The summed E-state index contributed by atoms with van der Waals surface area (Å²) in [6.07, 6.45) is 1.56. The van der Waals surface area contributed by atoms with Gasteiger partial charge in [-0.05, 0) is 37.5 Å². The highest BCUT2D eigenvalue weighted by atomic mass is 35.5. The quantitative estimate of drug-likeness (QED) is 0.783. The molecule has 4 heteroatoms. The summed E-state index contributed by atoms with van der Waals surface area (Å²) in [5.74, 6) is 0.0936. The normalized spacial score (nSPS) is 10.8. The van der Waals surface area contributed by atoms with Crippen molar-refractivity contribution in [1.29, 1.82) is 0 Å². The van der Waals surface area contributed by atoms with Gasteiger partial charge in [0.05, 0.1) is 17.8 Å². The first-order valence-electron chi connectivity index (χ1n) is 6.90. The Bertz CT molecular complexity index is 631. The molecule has 1 aromatic carbocycles. The maximum atomic E-state index is 11.9. The van der Waals surface area contributed by atoms with Gasteiger partial charge >= 0.3 is 0 Å². The van der Waals surface area contributed by atoms with E-state index in [0.717, 1.165) is 40.4 Å². The number of aromatic nitrogens is 2. The maximum absolute atomic E-state index is 11.9. The Morgan fingerprint density at radius 1 is 1.30 bits per heavy atom. The van der Waals surface area contributed by atoms with E-state index in [0.29, 0.717) is 6.54 Å². The van der Waals surface area contributed by atoms with Gasteiger partial charge in [0.15, 0.2) is 5.78 Å². The van der Waals surface area contributed by atoms with Crippen molar-refractivity contribution in [2.24, 2.45) is 0 Å². The minimum absolute atomic E-state index is 0.0936. The van der Waals surface area contributed by atoms with Crippen LogP contribution in [0.1, 0.15) is 48.1 Å². The van der Waals surface area contributed by atoms with Crippen molar-refractivity contribution in [3.8, 4) is 0 Å². The van der Waals surface area contributed by atoms with Crippen molar-refractivity contribution in [3.63, 3.8) is 0 Å². The van der Waals surface area contributed by atoms with Crippen molar-refractivity contribution in [3.05, 3.63) is 51.8 Å². The Morgan fingerprint density at radius 2 is 2.05 bits per heavy atom. The van der Waals surface area contributed by atoms with Crippen LogP contribution in [0.5, 0.6) is 0 Å². The second kappa shape index (κ2) is 6.23. The van der Waals surface area contributed by atoms with Gasteiger partial charge in [-0.2, -0.15) is 5.10 Å². The van der Waals surface area contributed by atoms with Crippen LogP contribution in [0.2, 0.25) is 5.02 Å². The minimum Gasteiger partial charge on any atom is -0.294 e. The Balaban J connectivity index is 2.44. The first-order valence-corrected chi connectivity index (χ1v) is 7.28. The van der Waals surface area contributed by atoms with Gasteiger partial charge in [0, 0.05) is 10.7 Å². The standard InChI is InChI=1S/C16H19ClN2O/c1-4-14-16(11(3)20)15(5-2)19(18-14)10-12-7-6-8-13(17)9-12/h6-9H,4-5,10H2,1-3H3. The number of benzene rings is 1. The number of carbonyl (C=O) groups excluding carboxylic acids is 1. The third-order valence-electron chi connectivity index (χ3n) is 3.37. The first-order chi connectivity index (χ1) is 9.56. The summed E-state index contributed by atoms with van der Waals surface area (Å²) in [7, 11) is 0. The van der Waals surface area contributed by atoms with Crippen LogP contribution in [0.3, 0.4) is 0 Å². The molecule has 0 radical (unpaired) electrons. The first kappa shape index (κ1) is 14.8. The van der Waals surface area contributed by atoms with Crippen molar-refractivity contribution in [2.75, 3.05) is 0 Å². The van der Waals surface area contributed by atoms with Crippen LogP contribution in [0.25, 0.3) is 0 Å². The molecular weight excluding hydrogens is 272 g/mol. The van der Waals surface area contributed by atoms with E-state index in [4.69, 9.17) is 11.6 Å². The van der Waals surface area contributed by atoms with Crippen LogP contribution >= 0.6 is 11.6 Å². The molecule has 0 aliphatic heterocycles. The van der Waals surface area contributed by atoms with Crippen molar-refractivity contribution in [2.45, 2.75) is 40.2 Å². The molecule has 3 nitrogen and oxygen atoms in total. The summed E-state index contributed by atoms with van der Waals surface area (Å²) < 4.78 is 1.93. The van der Waals surface area contributed by atoms with Crippen LogP contribution in [-0.4, -0.2) is 15.6 Å². The Kier molecular flexibility index (Phi) is 4.61. The number of hydrogen-bond donors (Lipinski definition) is 0. The van der Waals surface area contributed by atoms with E-state index in [1.54, 1.807) is 6.92 Å². The van der Waals surface area contributed by atoms with Crippen molar-refractivity contribution < 1.29 is 4.79 Å². The molecule has 2 aromatic rings. The smallest absolute Gasteiger partial charge is 0.163 e. The maximum Gasteiger partial charge on any atom is 0.163 e. The third-order valence-corrected chi connectivity index (χ3v) is 3.61. The Morgan fingerprint density at radius 3 is 2.60 bits per heavy atom. The summed E-state index contributed by atoms with van der Waals surface area (Å²) in [4.78, 5) is 11.9. The van der Waals surface area contributed by atoms with Crippen LogP contribution in [0.15, 0.2) is 24.3 Å². The summed E-state index contributed by atoms with van der Waals surface area (Å²) in [6, 6.07) is 7.74. The van der Waals surface area contributed by atoms with E-state index in [1.807, 2.05) is 35.9 Å². The molecule has 2 rings (SSSR count). The van der Waals surface area contributed by atoms with Gasteiger partial charge in [-0.15, -0.1) is 0 Å². The molecule has 0 aliphatic carbocycles. The van der Waals surface area contributed by atoms with Gasteiger partial charge in [-0.1, -0.05) is 37.6 Å². The van der Waals surface area contributed by atoms with Crippen molar-refractivity contribution in [1.82, 2.24) is 9.78 Å². The SMILES string of the molecule is CCc1nn(Cc2cccc(Cl)c2)c(CC)c1C(C)=O. The summed E-state index contributed by atoms with van der Waals surface area (Å²) in [5.41, 5.74) is 3.77. The molecule has 0 bridgehead atoms. The zero-order valence-electron chi connectivity index (χ0n) is 12.1. The van der Waals surface area contributed by atoms with Crippen LogP contribution in [-0.2, 0) is 19.4 Å². The minimum atomic E-state index is 0.0936. The molecule has 1 heterocycles. The van der Waals surface area contributed by atoms with Gasteiger partial charge in [-0.3, -0.25) is 9.48 Å². The van der Waals surface area contributed by atoms with Gasteiger partial charge in [-0.25, -0.2) is 0 Å². The van der Waals surface area contributed by atoms with Crippen LogP contribution in [0.4, 0.5) is 0 Å². The number of ketones is 1. The molecule has 0 N–H and O–H groups in total. The number of aryl methyl sites for hydroxylation is 1. The molecular formula is C16H19ClN2O. The number of carbonyl (C=O) groups is 1. The Hall–Kier alpha value is -1.61. The molecule has 0 atom stereocenters. The molecule has 0 saturated heterocycles. The number of Topliss-reactive ketones (excluding diaryl/α,β-unsaturated/α-hetero) is 1. The topological polar surface area (TPSA) is 34.9 Å². The molecule has 0 fully saturated rings. The number of hydrogen-bond acceptors (Lipinski definition) is 2. The second-order valence-electron chi connectivity index (χ2n) is 4.82. The van der Waals surface area contributed by atoms with E-state index in [-0.39, 0.29) is 5.78 Å². The fraction of sp³-hybridized carbons (Fsp3) is 0.375. The van der Waals surface area contributed by atoms with E-state index < -0.39 is 0 Å². The lowest BCUT2D eigenvalue weighted by molar-refractivity contribution is 0.101. The molecule has 1 aromatic heterocycles. The van der Waals surface area contributed by atoms with Gasteiger partial charge in [0.1, 0.15) is 0 Å². The lowest BCUT2D eigenvalue weighted by Crippen LogP contribution is -2.07. The fourth-order valence-electron chi connectivity index (χ4n) is 2.50. The molecule has 0 aliphatic rings. The van der Waals surface area contributed by atoms with E-state index in [2.05, 4.69) is 12.0 Å². The third kappa shape index (κ3) is 2.93. The number of halogens is 1. The predicted octanol–water partition coefficient (Wildman–Crippen LogP) is 3.91. The van der Waals surface area contributed by atoms with E-state index in [1.165, 1.54) is 0 Å². The monoisotopic (exact) mass is 290 g/mol. The molecule has 0 spiro atoms. The van der Waals surface area contributed by atoms with Gasteiger partial charge < -0.3 is 0 Å². The molecule has 0 unspecified atom stereocenters. The van der Waals surface area contributed by atoms with E-state index >= 15 is 0 Å². The summed E-state index contributed by atoms with van der Waals surface area (Å²) in [5, 5.41) is 5.32. The highest BCUT2D eigenvalue weighted by Crippen LogP contribution is 2.19. The average Bonchev–Trinajstić information content (AvgIpc) is 2.76. The zero-order chi connectivity index (χ0) is 14.7. The van der Waals surface area contributed by atoms with E-state index in [9.17, 15) is 4.79 Å². The van der Waals surface area contributed by atoms with Crippen LogP contribution in [0, 0.1) is 0 Å². The highest BCUT2D eigenvalue weighted by Gasteiger charge is 2.18. The predicted molar refractivity (Wildman–Crippen MR) is 81.5 cm³/mol. The number of rotatable bonds is 5. The number of nitrogens with zero attached hydrogens (tertiary/aromatic N) is 2. The van der Waals surface area contributed by atoms with Crippen LogP contribution < -0.4 is 0 Å². The highest BCUT2D eigenvalue weighted by molar-refractivity contribution is 6.30. The molecule has 0 amide bonds. The second-order valence-corrected chi connectivity index (χ2v) is 5.26. The van der Waals surface area contributed by atoms with Gasteiger partial charge in [0.2, 0.25) is 0 Å². The molecule has 20 heavy (non-hydrogen) atoms. The molecule has 0 saturated carbocycles. The summed E-state index contributed by atoms with van der Waals surface area (Å²) >= 11 is 6.02. The largest absolute Gasteiger partial charge is 0.294 e. The average molecular weight is 291 g/mol. The van der Waals surface area contributed by atoms with Crippen molar-refractivity contribution >= 4 is 17.4 Å². The lowest BCUT2D eigenvalue weighted by atomic mass is 10.1. The fourth-order valence-corrected chi connectivity index (χ4v) is 2.72. The van der Waals surface area contributed by atoms with Gasteiger partial charge in [0.25, 0.3) is 0 Å². The zero-order valence-corrected chi connectivity index (χ0v) is 12.9.